The standard InChI is InChI=1S/C21H19N3O2/c1-15-18(10-9-17-13-22-14-24(15)17)21(25)23-11-12-26-20-8-4-6-16-5-2-3-7-19(16)20/h2-10,13-14H,11-12H2,1H3,(H,23,25). The number of hydrogen-bond donors (Lipinski definition) is 1. The minimum absolute atomic E-state index is 0.111. The fraction of sp³-hybridized carbons (Fsp3) is 0.143. The molecule has 0 bridgehead atoms. The summed E-state index contributed by atoms with van der Waals surface area (Å²) >= 11 is 0. The Kier molecular flexibility index (Phi) is 4.27. The van der Waals surface area contributed by atoms with Crippen LogP contribution in [-0.4, -0.2) is 28.4 Å². The van der Waals surface area contributed by atoms with Crippen molar-refractivity contribution in [1.29, 1.82) is 0 Å². The third-order valence-electron chi connectivity index (χ3n) is 4.48. The Bertz CT molecular complexity index is 1080. The second kappa shape index (κ2) is 6.88. The van der Waals surface area contributed by atoms with Gasteiger partial charge in [0.2, 0.25) is 0 Å². The summed E-state index contributed by atoms with van der Waals surface area (Å²) in [4.78, 5) is 16.6. The topological polar surface area (TPSA) is 55.6 Å². The number of rotatable bonds is 5. The van der Waals surface area contributed by atoms with Crippen molar-refractivity contribution in [3.05, 3.63) is 78.4 Å². The number of nitrogens with one attached hydrogen (secondary N) is 1. The molecule has 0 radical (unpaired) electrons. The summed E-state index contributed by atoms with van der Waals surface area (Å²) in [6, 6.07) is 17.8. The second-order valence-corrected chi connectivity index (χ2v) is 6.10. The molecule has 2 heterocycles. The monoisotopic (exact) mass is 345 g/mol. The minimum atomic E-state index is -0.111. The van der Waals surface area contributed by atoms with Gasteiger partial charge >= 0.3 is 0 Å². The third-order valence-corrected chi connectivity index (χ3v) is 4.48. The molecule has 26 heavy (non-hydrogen) atoms. The second-order valence-electron chi connectivity index (χ2n) is 6.10. The van der Waals surface area contributed by atoms with Crippen LogP contribution >= 0.6 is 0 Å². The van der Waals surface area contributed by atoms with Crippen LogP contribution in [0.15, 0.2) is 67.1 Å². The highest BCUT2D eigenvalue weighted by molar-refractivity contribution is 5.95. The molecular weight excluding hydrogens is 326 g/mol. The van der Waals surface area contributed by atoms with E-state index < -0.39 is 0 Å². The van der Waals surface area contributed by atoms with Crippen LogP contribution in [0.1, 0.15) is 16.1 Å². The smallest absolute Gasteiger partial charge is 0.253 e. The summed E-state index contributed by atoms with van der Waals surface area (Å²) in [6.45, 7) is 2.76. The molecule has 2 aromatic heterocycles. The van der Waals surface area contributed by atoms with Crippen molar-refractivity contribution in [3.63, 3.8) is 0 Å². The number of nitrogens with zero attached hydrogens (tertiary/aromatic N) is 2. The maximum atomic E-state index is 12.5. The predicted octanol–water partition coefficient (Wildman–Crippen LogP) is 3.60. The van der Waals surface area contributed by atoms with Gasteiger partial charge in [0.25, 0.3) is 5.91 Å². The summed E-state index contributed by atoms with van der Waals surface area (Å²) < 4.78 is 7.77. The Hall–Kier alpha value is -3.34. The van der Waals surface area contributed by atoms with Crippen molar-refractivity contribution in [3.8, 4) is 5.75 Å². The zero-order valence-corrected chi connectivity index (χ0v) is 14.5. The van der Waals surface area contributed by atoms with Gasteiger partial charge in [-0.05, 0) is 30.5 Å². The normalized spacial score (nSPS) is 11.0. The van der Waals surface area contributed by atoms with E-state index in [-0.39, 0.29) is 5.91 Å². The van der Waals surface area contributed by atoms with Crippen LogP contribution in [0, 0.1) is 6.92 Å². The van der Waals surface area contributed by atoms with Crippen molar-refractivity contribution in [2.24, 2.45) is 0 Å². The molecule has 5 nitrogen and oxygen atoms in total. The molecule has 0 saturated heterocycles. The van der Waals surface area contributed by atoms with Crippen LogP contribution in [0.4, 0.5) is 0 Å². The summed E-state index contributed by atoms with van der Waals surface area (Å²) in [6.07, 6.45) is 3.48. The Balaban J connectivity index is 1.39. The third kappa shape index (κ3) is 2.99. The fourth-order valence-corrected chi connectivity index (χ4v) is 3.11. The highest BCUT2D eigenvalue weighted by Crippen LogP contribution is 2.24. The highest BCUT2D eigenvalue weighted by Gasteiger charge is 2.11. The Morgan fingerprint density at radius 3 is 2.88 bits per heavy atom. The number of imidazole rings is 1. The number of hydrogen-bond acceptors (Lipinski definition) is 3. The molecule has 2 aromatic carbocycles. The molecule has 0 fully saturated rings. The molecule has 0 aliphatic rings. The van der Waals surface area contributed by atoms with Crippen molar-refractivity contribution < 1.29 is 9.53 Å². The van der Waals surface area contributed by atoms with Gasteiger partial charge in [0.1, 0.15) is 12.4 Å². The number of aryl methyl sites for hydroxylation is 1. The number of benzene rings is 2. The van der Waals surface area contributed by atoms with E-state index in [0.29, 0.717) is 18.7 Å². The van der Waals surface area contributed by atoms with E-state index in [2.05, 4.69) is 22.4 Å². The maximum absolute atomic E-state index is 12.5. The number of aromatic nitrogens is 2. The summed E-state index contributed by atoms with van der Waals surface area (Å²) in [5.41, 5.74) is 2.48. The fourth-order valence-electron chi connectivity index (χ4n) is 3.11. The van der Waals surface area contributed by atoms with E-state index in [1.54, 1.807) is 12.5 Å². The molecule has 0 atom stereocenters. The first-order valence-electron chi connectivity index (χ1n) is 8.54. The number of pyridine rings is 1. The van der Waals surface area contributed by atoms with Crippen LogP contribution in [0.2, 0.25) is 0 Å². The van der Waals surface area contributed by atoms with Crippen molar-refractivity contribution in [2.45, 2.75) is 6.92 Å². The van der Waals surface area contributed by atoms with Crippen LogP contribution in [0.5, 0.6) is 5.75 Å². The Morgan fingerprint density at radius 1 is 1.12 bits per heavy atom. The van der Waals surface area contributed by atoms with Gasteiger partial charge in [-0.25, -0.2) is 4.98 Å². The highest BCUT2D eigenvalue weighted by atomic mass is 16.5. The van der Waals surface area contributed by atoms with E-state index in [1.807, 2.05) is 53.8 Å². The average Bonchev–Trinajstić information content (AvgIpc) is 3.15. The van der Waals surface area contributed by atoms with Gasteiger partial charge < -0.3 is 14.5 Å². The lowest BCUT2D eigenvalue weighted by Crippen LogP contribution is -2.29. The van der Waals surface area contributed by atoms with Crippen LogP contribution in [0.25, 0.3) is 16.3 Å². The largest absolute Gasteiger partial charge is 0.491 e. The quantitative estimate of drug-likeness (QED) is 0.562. The number of fused-ring (bicyclic) bond motifs is 2. The summed E-state index contributed by atoms with van der Waals surface area (Å²) in [7, 11) is 0. The van der Waals surface area contributed by atoms with Crippen molar-refractivity contribution >= 4 is 22.2 Å². The van der Waals surface area contributed by atoms with E-state index in [0.717, 1.165) is 27.7 Å². The predicted molar refractivity (Wildman–Crippen MR) is 102 cm³/mol. The first-order valence-corrected chi connectivity index (χ1v) is 8.54. The molecule has 1 amide bonds. The van der Waals surface area contributed by atoms with Gasteiger partial charge in [0.05, 0.1) is 30.1 Å². The van der Waals surface area contributed by atoms with E-state index >= 15 is 0 Å². The van der Waals surface area contributed by atoms with Crippen LogP contribution < -0.4 is 10.1 Å². The van der Waals surface area contributed by atoms with Crippen molar-refractivity contribution in [2.75, 3.05) is 13.2 Å². The minimum Gasteiger partial charge on any atom is -0.491 e. The van der Waals surface area contributed by atoms with Gasteiger partial charge in [-0.1, -0.05) is 36.4 Å². The van der Waals surface area contributed by atoms with E-state index in [1.165, 1.54) is 0 Å². The number of carbonyl (C=O) groups excluding carboxylic acids is 1. The van der Waals surface area contributed by atoms with Crippen molar-refractivity contribution in [1.82, 2.24) is 14.7 Å². The molecule has 0 unspecified atom stereocenters. The molecule has 4 aromatic rings. The molecule has 5 heteroatoms. The summed E-state index contributed by atoms with van der Waals surface area (Å²) in [5, 5.41) is 5.13. The van der Waals surface area contributed by atoms with Gasteiger partial charge in [-0.3, -0.25) is 4.79 Å². The first-order chi connectivity index (χ1) is 12.7. The molecule has 1 N–H and O–H groups in total. The lowest BCUT2D eigenvalue weighted by atomic mass is 10.1. The Morgan fingerprint density at radius 2 is 1.96 bits per heavy atom. The van der Waals surface area contributed by atoms with Gasteiger partial charge in [0.15, 0.2) is 0 Å². The zero-order valence-electron chi connectivity index (χ0n) is 14.5. The van der Waals surface area contributed by atoms with E-state index in [9.17, 15) is 4.79 Å². The SMILES string of the molecule is Cc1c(C(=O)NCCOc2cccc3ccccc23)ccc2cncn12. The molecule has 0 aliphatic carbocycles. The van der Waals surface area contributed by atoms with Gasteiger partial charge in [-0.15, -0.1) is 0 Å². The first kappa shape index (κ1) is 16.1. The van der Waals surface area contributed by atoms with Crippen LogP contribution in [-0.2, 0) is 0 Å². The number of ether oxygens (including phenoxy) is 1. The van der Waals surface area contributed by atoms with Gasteiger partial charge in [-0.2, -0.15) is 0 Å². The lowest BCUT2D eigenvalue weighted by molar-refractivity contribution is 0.0946. The van der Waals surface area contributed by atoms with Crippen LogP contribution in [0.3, 0.4) is 0 Å². The van der Waals surface area contributed by atoms with E-state index in [4.69, 9.17) is 4.74 Å². The van der Waals surface area contributed by atoms with Gasteiger partial charge in [0, 0.05) is 11.1 Å². The lowest BCUT2D eigenvalue weighted by Gasteiger charge is -2.11. The molecule has 0 saturated carbocycles. The number of carbonyl (C=O) groups is 1. The molecule has 0 aliphatic heterocycles. The summed E-state index contributed by atoms with van der Waals surface area (Å²) in [5.74, 6) is 0.716. The molecular formula is C21H19N3O2. The molecule has 0 spiro atoms. The molecule has 4 rings (SSSR count). The molecule has 130 valence electrons. The number of amides is 1. The Labute approximate surface area is 151 Å². The zero-order chi connectivity index (χ0) is 17.9. The maximum Gasteiger partial charge on any atom is 0.253 e. The average molecular weight is 345 g/mol.